The first kappa shape index (κ1) is 15.4. The molecule has 2 N–H and O–H groups in total. The standard InChI is InChI=1S/C13H21N5O3/c1-2-21-13(20)12-10(8-14)18(16-15-12)9-11(19)17-6-4-3-5-7-17/h2-9,14H2,1H3. The zero-order valence-corrected chi connectivity index (χ0v) is 12.2. The number of amides is 1. The SMILES string of the molecule is CCOC(=O)c1nnn(CC(=O)N2CCCCC2)c1CN. The molecule has 1 amide bonds. The number of carbonyl (C=O) groups excluding carboxylic acids is 2. The van der Waals surface area contributed by atoms with Gasteiger partial charge in [-0.15, -0.1) is 5.10 Å². The van der Waals surface area contributed by atoms with Gasteiger partial charge in [-0.05, 0) is 26.2 Å². The van der Waals surface area contributed by atoms with Crippen LogP contribution >= 0.6 is 0 Å². The highest BCUT2D eigenvalue weighted by molar-refractivity contribution is 5.88. The normalized spacial score (nSPS) is 15.0. The Balaban J connectivity index is 2.09. The average Bonchev–Trinajstić information content (AvgIpc) is 2.91. The van der Waals surface area contributed by atoms with Crippen LogP contribution in [0.2, 0.25) is 0 Å². The Morgan fingerprint density at radius 1 is 1.29 bits per heavy atom. The summed E-state index contributed by atoms with van der Waals surface area (Å²) in [7, 11) is 0. The van der Waals surface area contributed by atoms with Gasteiger partial charge in [-0.3, -0.25) is 4.79 Å². The second kappa shape index (κ2) is 7.16. The number of nitrogens with two attached hydrogens (primary N) is 1. The number of hydrogen-bond donors (Lipinski definition) is 1. The first-order valence-corrected chi connectivity index (χ1v) is 7.24. The fraction of sp³-hybridized carbons (Fsp3) is 0.692. The molecule has 2 heterocycles. The van der Waals surface area contributed by atoms with Crippen LogP contribution in [0.3, 0.4) is 0 Å². The van der Waals surface area contributed by atoms with Gasteiger partial charge < -0.3 is 15.4 Å². The minimum Gasteiger partial charge on any atom is -0.461 e. The van der Waals surface area contributed by atoms with E-state index in [-0.39, 0.29) is 31.3 Å². The van der Waals surface area contributed by atoms with Crippen molar-refractivity contribution in [3.8, 4) is 0 Å². The van der Waals surface area contributed by atoms with Gasteiger partial charge in [-0.2, -0.15) is 0 Å². The summed E-state index contributed by atoms with van der Waals surface area (Å²) in [5.74, 6) is -0.584. The summed E-state index contributed by atoms with van der Waals surface area (Å²) in [5.41, 5.74) is 6.17. The van der Waals surface area contributed by atoms with Crippen LogP contribution in [0.5, 0.6) is 0 Å². The van der Waals surface area contributed by atoms with E-state index < -0.39 is 5.97 Å². The predicted octanol–water partition coefficient (Wildman–Crippen LogP) is -0.0740. The molecule has 1 aliphatic rings. The molecule has 0 bridgehead atoms. The van der Waals surface area contributed by atoms with Gasteiger partial charge in [0.1, 0.15) is 6.54 Å². The van der Waals surface area contributed by atoms with Gasteiger partial charge in [-0.1, -0.05) is 5.21 Å². The van der Waals surface area contributed by atoms with Crippen LogP contribution in [0.1, 0.15) is 42.4 Å². The van der Waals surface area contributed by atoms with Gasteiger partial charge in [0, 0.05) is 19.6 Å². The first-order chi connectivity index (χ1) is 10.2. The van der Waals surface area contributed by atoms with Gasteiger partial charge in [0.2, 0.25) is 5.91 Å². The summed E-state index contributed by atoms with van der Waals surface area (Å²) < 4.78 is 6.29. The maximum atomic E-state index is 12.2. The number of piperidine rings is 1. The van der Waals surface area contributed by atoms with Crippen LogP contribution in [0, 0.1) is 0 Å². The molecule has 1 aromatic heterocycles. The first-order valence-electron chi connectivity index (χ1n) is 7.24. The van der Waals surface area contributed by atoms with E-state index in [0.717, 1.165) is 32.4 Å². The van der Waals surface area contributed by atoms with Gasteiger partial charge >= 0.3 is 5.97 Å². The van der Waals surface area contributed by atoms with Crippen LogP contribution in [0.4, 0.5) is 0 Å². The Morgan fingerprint density at radius 3 is 2.62 bits per heavy atom. The average molecular weight is 295 g/mol. The molecule has 0 aromatic carbocycles. The van der Waals surface area contributed by atoms with Crippen molar-refractivity contribution in [1.29, 1.82) is 0 Å². The molecule has 0 atom stereocenters. The van der Waals surface area contributed by atoms with Crippen LogP contribution < -0.4 is 5.73 Å². The minimum absolute atomic E-state index is 0.0234. The third-order valence-electron chi connectivity index (χ3n) is 3.49. The van der Waals surface area contributed by atoms with Crippen molar-refractivity contribution in [3.05, 3.63) is 11.4 Å². The van der Waals surface area contributed by atoms with Crippen molar-refractivity contribution in [1.82, 2.24) is 19.9 Å². The monoisotopic (exact) mass is 295 g/mol. The Labute approximate surface area is 123 Å². The summed E-state index contributed by atoms with van der Waals surface area (Å²) in [6, 6.07) is 0. The molecule has 0 radical (unpaired) electrons. The summed E-state index contributed by atoms with van der Waals surface area (Å²) in [6.45, 7) is 3.65. The highest BCUT2D eigenvalue weighted by Gasteiger charge is 2.23. The third kappa shape index (κ3) is 3.57. The lowest BCUT2D eigenvalue weighted by atomic mass is 10.1. The van der Waals surface area contributed by atoms with E-state index >= 15 is 0 Å². The molecule has 2 rings (SSSR count). The van der Waals surface area contributed by atoms with Crippen LogP contribution in [-0.4, -0.2) is 51.5 Å². The van der Waals surface area contributed by atoms with Crippen LogP contribution in [0.15, 0.2) is 0 Å². The molecule has 0 unspecified atom stereocenters. The van der Waals surface area contributed by atoms with Crippen molar-refractivity contribution in [2.75, 3.05) is 19.7 Å². The summed E-state index contributed by atoms with van der Waals surface area (Å²) in [4.78, 5) is 25.8. The van der Waals surface area contributed by atoms with Crippen LogP contribution in [0.25, 0.3) is 0 Å². The van der Waals surface area contributed by atoms with Gasteiger partial charge in [0.05, 0.1) is 12.3 Å². The van der Waals surface area contributed by atoms with E-state index in [1.165, 1.54) is 4.68 Å². The van der Waals surface area contributed by atoms with Crippen LogP contribution in [-0.2, 0) is 22.6 Å². The van der Waals surface area contributed by atoms with Gasteiger partial charge in [0.25, 0.3) is 0 Å². The third-order valence-corrected chi connectivity index (χ3v) is 3.49. The number of aromatic nitrogens is 3. The number of hydrogen-bond acceptors (Lipinski definition) is 6. The fourth-order valence-electron chi connectivity index (χ4n) is 2.39. The lowest BCUT2D eigenvalue weighted by Crippen LogP contribution is -2.38. The number of esters is 1. The Kier molecular flexibility index (Phi) is 5.26. The van der Waals surface area contributed by atoms with E-state index in [0.29, 0.717) is 5.69 Å². The van der Waals surface area contributed by atoms with Crippen molar-refractivity contribution >= 4 is 11.9 Å². The van der Waals surface area contributed by atoms with Crippen molar-refractivity contribution < 1.29 is 14.3 Å². The molecule has 8 nitrogen and oxygen atoms in total. The molecular weight excluding hydrogens is 274 g/mol. The molecule has 0 saturated carbocycles. The van der Waals surface area contributed by atoms with E-state index in [4.69, 9.17) is 10.5 Å². The molecule has 0 spiro atoms. The lowest BCUT2D eigenvalue weighted by Gasteiger charge is -2.26. The number of likely N-dealkylation sites (tertiary alicyclic amines) is 1. The maximum Gasteiger partial charge on any atom is 0.360 e. The zero-order chi connectivity index (χ0) is 15.2. The summed E-state index contributed by atoms with van der Waals surface area (Å²) >= 11 is 0. The number of rotatable bonds is 5. The molecule has 0 aliphatic carbocycles. The summed E-state index contributed by atoms with van der Waals surface area (Å²) in [6.07, 6.45) is 3.22. The van der Waals surface area contributed by atoms with Crippen molar-refractivity contribution in [2.45, 2.75) is 39.3 Å². The summed E-state index contributed by atoms with van der Waals surface area (Å²) in [5, 5.41) is 7.65. The zero-order valence-electron chi connectivity index (χ0n) is 12.2. The second-order valence-electron chi connectivity index (χ2n) is 4.91. The predicted molar refractivity (Wildman–Crippen MR) is 74.3 cm³/mol. The largest absolute Gasteiger partial charge is 0.461 e. The smallest absolute Gasteiger partial charge is 0.360 e. The topological polar surface area (TPSA) is 103 Å². The molecule has 116 valence electrons. The van der Waals surface area contributed by atoms with E-state index in [2.05, 4.69) is 10.3 Å². The molecular formula is C13H21N5O3. The molecule has 1 saturated heterocycles. The molecule has 21 heavy (non-hydrogen) atoms. The Morgan fingerprint density at radius 2 is 2.00 bits per heavy atom. The fourth-order valence-corrected chi connectivity index (χ4v) is 2.39. The van der Waals surface area contributed by atoms with Crippen molar-refractivity contribution in [2.24, 2.45) is 5.73 Å². The quantitative estimate of drug-likeness (QED) is 0.762. The number of nitrogens with zero attached hydrogens (tertiary/aromatic N) is 4. The van der Waals surface area contributed by atoms with E-state index in [9.17, 15) is 9.59 Å². The molecule has 1 aromatic rings. The number of ether oxygens (including phenoxy) is 1. The Hall–Kier alpha value is -1.96. The highest BCUT2D eigenvalue weighted by Crippen LogP contribution is 2.11. The second-order valence-corrected chi connectivity index (χ2v) is 4.91. The lowest BCUT2D eigenvalue weighted by molar-refractivity contribution is -0.133. The van der Waals surface area contributed by atoms with Gasteiger partial charge in [-0.25, -0.2) is 9.48 Å². The van der Waals surface area contributed by atoms with Crippen molar-refractivity contribution in [3.63, 3.8) is 0 Å². The highest BCUT2D eigenvalue weighted by atomic mass is 16.5. The van der Waals surface area contributed by atoms with E-state index in [1.807, 2.05) is 4.90 Å². The minimum atomic E-state index is -0.561. The van der Waals surface area contributed by atoms with E-state index in [1.54, 1.807) is 6.92 Å². The molecule has 8 heteroatoms. The van der Waals surface area contributed by atoms with Gasteiger partial charge in [0.15, 0.2) is 5.69 Å². The Bertz CT molecular complexity index is 508. The maximum absolute atomic E-state index is 12.2. The number of carbonyl (C=O) groups is 2. The molecule has 1 fully saturated rings. The molecule has 1 aliphatic heterocycles.